The molecule has 0 unspecified atom stereocenters. The monoisotopic (exact) mass is 237 g/mol. The number of alkyl halides is 1. The van der Waals surface area contributed by atoms with Gasteiger partial charge in [-0.15, -0.1) is 0 Å². The SMILES string of the molecule is CNc1ccnn1CI. The molecule has 1 aromatic heterocycles. The predicted molar refractivity (Wildman–Crippen MR) is 45.8 cm³/mol. The van der Waals surface area contributed by atoms with Gasteiger partial charge in [-0.25, -0.2) is 4.68 Å². The van der Waals surface area contributed by atoms with Crippen molar-refractivity contribution in [3.05, 3.63) is 12.3 Å². The maximum atomic E-state index is 4.05. The molecule has 4 heteroatoms. The van der Waals surface area contributed by atoms with E-state index in [1.165, 1.54) is 0 Å². The third-order valence-corrected chi connectivity index (χ3v) is 1.73. The Morgan fingerprint density at radius 3 is 3.11 bits per heavy atom. The zero-order chi connectivity index (χ0) is 6.69. The Morgan fingerprint density at radius 2 is 2.67 bits per heavy atom. The molecule has 0 aromatic carbocycles. The maximum absolute atomic E-state index is 4.05. The summed E-state index contributed by atoms with van der Waals surface area (Å²) in [6, 6.07) is 1.94. The fourth-order valence-electron chi connectivity index (χ4n) is 0.640. The van der Waals surface area contributed by atoms with E-state index in [2.05, 4.69) is 33.0 Å². The van der Waals surface area contributed by atoms with Crippen molar-refractivity contribution < 1.29 is 0 Å². The number of hydrogen-bond acceptors (Lipinski definition) is 2. The third-order valence-electron chi connectivity index (χ3n) is 1.09. The number of nitrogens with zero attached hydrogens (tertiary/aromatic N) is 2. The number of hydrogen-bond donors (Lipinski definition) is 1. The van der Waals surface area contributed by atoms with Gasteiger partial charge >= 0.3 is 0 Å². The number of halogens is 1. The van der Waals surface area contributed by atoms with Gasteiger partial charge in [0, 0.05) is 13.1 Å². The Bertz CT molecular complexity index is 166. The second-order valence-electron chi connectivity index (χ2n) is 1.59. The maximum Gasteiger partial charge on any atom is 0.124 e. The van der Waals surface area contributed by atoms with Crippen molar-refractivity contribution in [1.29, 1.82) is 0 Å². The summed E-state index contributed by atoms with van der Waals surface area (Å²) in [5, 5.41) is 7.07. The number of nitrogens with one attached hydrogen (secondary N) is 1. The van der Waals surface area contributed by atoms with Crippen molar-refractivity contribution in [1.82, 2.24) is 9.78 Å². The molecule has 0 radical (unpaired) electrons. The fourth-order valence-corrected chi connectivity index (χ4v) is 1.18. The molecular formula is C5H8IN3. The van der Waals surface area contributed by atoms with Crippen LogP contribution in [0.4, 0.5) is 5.82 Å². The molecule has 1 N–H and O–H groups in total. The van der Waals surface area contributed by atoms with Crippen LogP contribution >= 0.6 is 22.6 Å². The van der Waals surface area contributed by atoms with Crippen LogP contribution in [0.15, 0.2) is 12.3 Å². The van der Waals surface area contributed by atoms with Gasteiger partial charge in [-0.3, -0.25) is 0 Å². The Morgan fingerprint density at radius 1 is 1.89 bits per heavy atom. The van der Waals surface area contributed by atoms with Crippen LogP contribution in [0.3, 0.4) is 0 Å². The van der Waals surface area contributed by atoms with Crippen LogP contribution in [0.1, 0.15) is 0 Å². The van der Waals surface area contributed by atoms with Crippen molar-refractivity contribution in [2.75, 3.05) is 12.4 Å². The van der Waals surface area contributed by atoms with Crippen molar-refractivity contribution >= 4 is 28.4 Å². The topological polar surface area (TPSA) is 29.9 Å². The van der Waals surface area contributed by atoms with Crippen LogP contribution in [-0.4, -0.2) is 16.8 Å². The average molecular weight is 237 g/mol. The Balaban J connectivity index is 2.85. The molecule has 50 valence electrons. The minimum Gasteiger partial charge on any atom is -0.373 e. The van der Waals surface area contributed by atoms with Gasteiger partial charge < -0.3 is 5.32 Å². The zero-order valence-electron chi connectivity index (χ0n) is 5.13. The first kappa shape index (κ1) is 6.85. The molecule has 0 saturated heterocycles. The molecule has 9 heavy (non-hydrogen) atoms. The Labute approximate surface area is 67.6 Å². The van der Waals surface area contributed by atoms with Gasteiger partial charge in [0.1, 0.15) is 5.82 Å². The minimum atomic E-state index is 0.890. The zero-order valence-corrected chi connectivity index (χ0v) is 7.29. The third kappa shape index (κ3) is 1.35. The van der Waals surface area contributed by atoms with Gasteiger partial charge in [-0.2, -0.15) is 5.10 Å². The summed E-state index contributed by atoms with van der Waals surface area (Å²) in [4.78, 5) is 0. The number of rotatable bonds is 2. The molecule has 1 rings (SSSR count). The highest BCUT2D eigenvalue weighted by molar-refractivity contribution is 14.1. The van der Waals surface area contributed by atoms with Crippen LogP contribution in [-0.2, 0) is 4.55 Å². The Hall–Kier alpha value is -0.260. The van der Waals surface area contributed by atoms with E-state index >= 15 is 0 Å². The predicted octanol–water partition coefficient (Wildman–Crippen LogP) is 1.32. The molecule has 0 fully saturated rings. The summed E-state index contributed by atoms with van der Waals surface area (Å²) < 4.78 is 2.78. The summed E-state index contributed by atoms with van der Waals surface area (Å²) in [7, 11) is 1.89. The lowest BCUT2D eigenvalue weighted by atomic mass is 10.6. The first-order chi connectivity index (χ1) is 4.38. The smallest absolute Gasteiger partial charge is 0.124 e. The quantitative estimate of drug-likeness (QED) is 0.620. The molecule has 0 amide bonds. The van der Waals surface area contributed by atoms with E-state index < -0.39 is 0 Å². The van der Waals surface area contributed by atoms with Crippen LogP contribution in [0.25, 0.3) is 0 Å². The van der Waals surface area contributed by atoms with E-state index in [0.29, 0.717) is 0 Å². The highest BCUT2D eigenvalue weighted by atomic mass is 127. The summed E-state index contributed by atoms with van der Waals surface area (Å²) in [5.41, 5.74) is 0. The second-order valence-corrected chi connectivity index (χ2v) is 2.27. The molecule has 1 heterocycles. The summed E-state index contributed by atoms with van der Waals surface area (Å²) >= 11 is 2.26. The van der Waals surface area contributed by atoms with E-state index in [1.807, 2.05) is 17.8 Å². The lowest BCUT2D eigenvalue weighted by molar-refractivity contribution is 0.775. The number of anilines is 1. The molecule has 1 aromatic rings. The van der Waals surface area contributed by atoms with E-state index in [0.717, 1.165) is 10.4 Å². The lowest BCUT2D eigenvalue weighted by Gasteiger charge is -1.99. The molecule has 0 aliphatic carbocycles. The van der Waals surface area contributed by atoms with Crippen molar-refractivity contribution in [2.24, 2.45) is 0 Å². The highest BCUT2D eigenvalue weighted by Crippen LogP contribution is 2.05. The van der Waals surface area contributed by atoms with Gasteiger partial charge in [-0.05, 0) is 0 Å². The molecule has 3 nitrogen and oxygen atoms in total. The largest absolute Gasteiger partial charge is 0.373 e. The van der Waals surface area contributed by atoms with E-state index in [4.69, 9.17) is 0 Å². The fraction of sp³-hybridized carbons (Fsp3) is 0.400. The Kier molecular flexibility index (Phi) is 2.32. The molecule has 0 aliphatic rings. The van der Waals surface area contributed by atoms with Gasteiger partial charge in [0.25, 0.3) is 0 Å². The van der Waals surface area contributed by atoms with Crippen molar-refractivity contribution in [2.45, 2.75) is 4.55 Å². The summed E-state index contributed by atoms with van der Waals surface area (Å²) in [6.07, 6.45) is 1.78. The van der Waals surface area contributed by atoms with E-state index in [1.54, 1.807) is 6.20 Å². The molecular weight excluding hydrogens is 229 g/mol. The molecule has 0 atom stereocenters. The first-order valence-corrected chi connectivity index (χ1v) is 4.16. The highest BCUT2D eigenvalue weighted by Gasteiger charge is 1.94. The normalized spacial score (nSPS) is 9.56. The van der Waals surface area contributed by atoms with Gasteiger partial charge in [0.05, 0.1) is 10.7 Å². The van der Waals surface area contributed by atoms with Crippen molar-refractivity contribution in [3.8, 4) is 0 Å². The van der Waals surface area contributed by atoms with Crippen molar-refractivity contribution in [3.63, 3.8) is 0 Å². The molecule has 0 saturated carbocycles. The number of aromatic nitrogens is 2. The standard InChI is InChI=1S/C5H8IN3/c1-7-5-2-3-8-9(5)4-6/h2-3,7H,4H2,1H3. The van der Waals surface area contributed by atoms with Gasteiger partial charge in [-0.1, -0.05) is 22.6 Å². The van der Waals surface area contributed by atoms with E-state index in [9.17, 15) is 0 Å². The van der Waals surface area contributed by atoms with Crippen LogP contribution in [0.5, 0.6) is 0 Å². The molecule has 0 aliphatic heterocycles. The summed E-state index contributed by atoms with van der Waals surface area (Å²) in [6.45, 7) is 0. The van der Waals surface area contributed by atoms with Crippen LogP contribution in [0, 0.1) is 0 Å². The van der Waals surface area contributed by atoms with Gasteiger partial charge in [0.2, 0.25) is 0 Å². The van der Waals surface area contributed by atoms with Crippen LogP contribution < -0.4 is 5.32 Å². The lowest BCUT2D eigenvalue weighted by Crippen LogP contribution is -2.00. The molecule has 0 spiro atoms. The van der Waals surface area contributed by atoms with E-state index in [-0.39, 0.29) is 0 Å². The average Bonchev–Trinajstić information content (AvgIpc) is 2.33. The van der Waals surface area contributed by atoms with Crippen LogP contribution in [0.2, 0.25) is 0 Å². The minimum absolute atomic E-state index is 0.890. The van der Waals surface area contributed by atoms with Gasteiger partial charge in [0.15, 0.2) is 0 Å². The summed E-state index contributed by atoms with van der Waals surface area (Å²) in [5.74, 6) is 1.06. The second kappa shape index (κ2) is 3.05. The molecule has 0 bridgehead atoms. The first-order valence-electron chi connectivity index (χ1n) is 2.64.